The number of halogens is 5. The maximum atomic E-state index is 12.9. The van der Waals surface area contributed by atoms with E-state index in [1.54, 1.807) is 30.0 Å². The van der Waals surface area contributed by atoms with Crippen molar-refractivity contribution in [1.82, 2.24) is 0 Å². The van der Waals surface area contributed by atoms with E-state index in [9.17, 15) is 32.2 Å². The lowest BCUT2D eigenvalue weighted by Gasteiger charge is -2.43. The van der Waals surface area contributed by atoms with Crippen LogP contribution < -0.4 is 0 Å². The summed E-state index contributed by atoms with van der Waals surface area (Å²) < 4.78 is 73.3. The molecule has 0 spiro atoms. The van der Waals surface area contributed by atoms with Gasteiger partial charge in [0.15, 0.2) is 0 Å². The van der Waals surface area contributed by atoms with Crippen LogP contribution in [0.1, 0.15) is 49.7 Å². The first kappa shape index (κ1) is 31.8. The number of ether oxygens (including phenoxy) is 2. The third kappa shape index (κ3) is 8.90. The van der Waals surface area contributed by atoms with Crippen molar-refractivity contribution in [3.05, 3.63) is 53.6 Å². The van der Waals surface area contributed by atoms with Crippen LogP contribution >= 0.6 is 23.5 Å². The van der Waals surface area contributed by atoms with Crippen molar-refractivity contribution in [1.29, 1.82) is 0 Å². The van der Waals surface area contributed by atoms with E-state index in [4.69, 9.17) is 9.47 Å². The van der Waals surface area contributed by atoms with E-state index in [0.29, 0.717) is 32.2 Å². The van der Waals surface area contributed by atoms with Gasteiger partial charge in [-0.3, -0.25) is 0 Å². The Kier molecular flexibility index (Phi) is 11.7. The zero-order chi connectivity index (χ0) is 28.5. The van der Waals surface area contributed by atoms with E-state index < -0.39 is 18.5 Å². The lowest BCUT2D eigenvalue weighted by molar-refractivity contribution is -0.284. The number of phenols is 2. The predicted octanol–water partition coefficient (Wildman–Crippen LogP) is 7.77. The second kappa shape index (κ2) is 14.3. The maximum absolute atomic E-state index is 12.9. The van der Waals surface area contributed by atoms with Crippen molar-refractivity contribution in [3.8, 4) is 11.5 Å². The number of hydrogen-bond acceptors (Lipinski definition) is 6. The molecule has 0 saturated heterocycles. The van der Waals surface area contributed by atoms with E-state index in [-0.39, 0.29) is 35.0 Å². The normalized spacial score (nSPS) is 19.7. The van der Waals surface area contributed by atoms with Gasteiger partial charge in [0.2, 0.25) is 0 Å². The van der Waals surface area contributed by atoms with Crippen molar-refractivity contribution in [2.75, 3.05) is 43.7 Å². The third-order valence-electron chi connectivity index (χ3n) is 6.92. The monoisotopic (exact) mass is 594 g/mol. The number of alkyl halides is 5. The zero-order valence-corrected chi connectivity index (χ0v) is 23.4. The van der Waals surface area contributed by atoms with Crippen LogP contribution in [0.3, 0.4) is 0 Å². The molecule has 1 heterocycles. The molecule has 39 heavy (non-hydrogen) atoms. The highest BCUT2D eigenvalue weighted by Crippen LogP contribution is 2.52. The Morgan fingerprint density at radius 3 is 2.26 bits per heavy atom. The van der Waals surface area contributed by atoms with E-state index in [2.05, 4.69) is 6.92 Å². The van der Waals surface area contributed by atoms with Crippen LogP contribution in [0.25, 0.3) is 0 Å². The Balaban J connectivity index is 1.36. The largest absolute Gasteiger partial charge is 0.508 e. The van der Waals surface area contributed by atoms with Crippen molar-refractivity contribution >= 4 is 23.5 Å². The fraction of sp³-hybridized carbons (Fsp3) is 0.571. The van der Waals surface area contributed by atoms with Crippen LogP contribution in [0.2, 0.25) is 0 Å². The van der Waals surface area contributed by atoms with Crippen LogP contribution in [0.5, 0.6) is 11.5 Å². The lowest BCUT2D eigenvalue weighted by Crippen LogP contribution is -2.36. The molecule has 2 aromatic carbocycles. The summed E-state index contributed by atoms with van der Waals surface area (Å²) in [6.45, 7) is 3.94. The fourth-order valence-corrected chi connectivity index (χ4v) is 6.87. The summed E-state index contributed by atoms with van der Waals surface area (Å²) in [5.74, 6) is -2.37. The second-order valence-corrected chi connectivity index (χ2v) is 12.1. The van der Waals surface area contributed by atoms with Gasteiger partial charge in [0.1, 0.15) is 11.5 Å². The minimum atomic E-state index is -5.49. The minimum absolute atomic E-state index is 0.161. The molecule has 4 nitrogen and oxygen atoms in total. The standard InChI is InChI=1S/C28H35F5O4S2/c1-26(20-5-7-21(34)8-6-20)19-39-25-18-22(35)9-10-23(25)24(26)4-2-12-36-13-14-37-15-17-38-16-3-11-27(29,30)28(31,32)33/h5-10,18,24,34-35H,2-4,11-17,19H2,1H3. The Bertz CT molecular complexity index is 1040. The molecular weight excluding hydrogens is 559 g/mol. The molecule has 218 valence electrons. The van der Waals surface area contributed by atoms with Crippen LogP contribution in [-0.4, -0.2) is 66.0 Å². The molecular formula is C28H35F5O4S2. The van der Waals surface area contributed by atoms with Gasteiger partial charge in [-0.05, 0) is 66.3 Å². The molecule has 1 aliphatic rings. The van der Waals surface area contributed by atoms with Gasteiger partial charge in [0.05, 0.1) is 19.8 Å². The number of phenolic OH excluding ortho intramolecular Hbond substituents is 2. The van der Waals surface area contributed by atoms with E-state index >= 15 is 0 Å². The average molecular weight is 595 g/mol. The number of fused-ring (bicyclic) bond motifs is 1. The SMILES string of the molecule is CC1(c2ccc(O)cc2)CSc2cc(O)ccc2C1CCCOCCOCCSCCCC(F)(F)C(F)(F)F. The van der Waals surface area contributed by atoms with E-state index in [0.717, 1.165) is 29.1 Å². The molecule has 2 N–H and O–H groups in total. The Morgan fingerprint density at radius 1 is 0.897 bits per heavy atom. The van der Waals surface area contributed by atoms with Gasteiger partial charge in [-0.2, -0.15) is 33.7 Å². The smallest absolute Gasteiger partial charge is 0.453 e. The molecule has 0 amide bonds. The van der Waals surface area contributed by atoms with Crippen molar-refractivity contribution in [3.63, 3.8) is 0 Å². The van der Waals surface area contributed by atoms with Gasteiger partial charge in [0.25, 0.3) is 0 Å². The number of benzene rings is 2. The molecule has 11 heteroatoms. The number of aromatic hydroxyl groups is 2. The van der Waals surface area contributed by atoms with Gasteiger partial charge >= 0.3 is 12.1 Å². The quantitative estimate of drug-likeness (QED) is 0.162. The van der Waals surface area contributed by atoms with Gasteiger partial charge in [-0.25, -0.2) is 0 Å². The first-order valence-corrected chi connectivity index (χ1v) is 15.0. The number of rotatable bonds is 15. The van der Waals surface area contributed by atoms with Crippen LogP contribution in [0, 0.1) is 0 Å². The molecule has 0 saturated carbocycles. The molecule has 2 atom stereocenters. The minimum Gasteiger partial charge on any atom is -0.508 e. The van der Waals surface area contributed by atoms with Crippen molar-refractivity contribution in [2.24, 2.45) is 0 Å². The summed E-state index contributed by atoms with van der Waals surface area (Å²) in [7, 11) is 0. The predicted molar refractivity (Wildman–Crippen MR) is 145 cm³/mol. The zero-order valence-electron chi connectivity index (χ0n) is 21.8. The van der Waals surface area contributed by atoms with Gasteiger partial charge < -0.3 is 19.7 Å². The van der Waals surface area contributed by atoms with Crippen molar-refractivity contribution in [2.45, 2.75) is 60.9 Å². The summed E-state index contributed by atoms with van der Waals surface area (Å²) in [5.41, 5.74) is 2.19. The molecule has 0 radical (unpaired) electrons. The molecule has 0 aliphatic carbocycles. The van der Waals surface area contributed by atoms with Crippen LogP contribution in [-0.2, 0) is 14.9 Å². The van der Waals surface area contributed by atoms with E-state index in [1.807, 2.05) is 24.3 Å². The Morgan fingerprint density at radius 2 is 1.56 bits per heavy atom. The second-order valence-electron chi connectivity index (χ2n) is 9.81. The molecule has 3 rings (SSSR count). The first-order valence-electron chi connectivity index (χ1n) is 12.9. The fourth-order valence-electron chi connectivity index (χ4n) is 4.68. The van der Waals surface area contributed by atoms with Gasteiger partial charge in [0, 0.05) is 34.8 Å². The summed E-state index contributed by atoms with van der Waals surface area (Å²) in [6, 6.07) is 12.9. The summed E-state index contributed by atoms with van der Waals surface area (Å²) in [5, 5.41) is 19.7. The maximum Gasteiger partial charge on any atom is 0.453 e. The molecule has 0 aromatic heterocycles. The van der Waals surface area contributed by atoms with E-state index in [1.165, 1.54) is 17.3 Å². The highest BCUT2D eigenvalue weighted by molar-refractivity contribution is 7.99. The highest BCUT2D eigenvalue weighted by atomic mass is 32.2. The average Bonchev–Trinajstić information content (AvgIpc) is 2.87. The molecule has 1 aliphatic heterocycles. The topological polar surface area (TPSA) is 58.9 Å². The molecule has 2 aromatic rings. The molecule has 0 bridgehead atoms. The number of hydrogen-bond donors (Lipinski definition) is 2. The summed E-state index contributed by atoms with van der Waals surface area (Å²) in [6.07, 6.45) is -5.20. The summed E-state index contributed by atoms with van der Waals surface area (Å²) in [4.78, 5) is 1.08. The summed E-state index contributed by atoms with van der Waals surface area (Å²) >= 11 is 3.01. The Labute approximate surface area is 234 Å². The van der Waals surface area contributed by atoms with Crippen LogP contribution in [0.4, 0.5) is 22.0 Å². The molecule has 0 fully saturated rings. The first-order chi connectivity index (χ1) is 18.4. The Hall–Kier alpha value is -1.69. The van der Waals surface area contributed by atoms with Crippen molar-refractivity contribution < 1.29 is 41.6 Å². The third-order valence-corrected chi connectivity index (χ3v) is 9.36. The number of thioether (sulfide) groups is 2. The lowest BCUT2D eigenvalue weighted by atomic mass is 9.68. The van der Waals surface area contributed by atoms with Gasteiger partial charge in [-0.1, -0.05) is 25.1 Å². The van der Waals surface area contributed by atoms with Gasteiger partial charge in [-0.15, -0.1) is 11.8 Å². The highest BCUT2D eigenvalue weighted by Gasteiger charge is 2.56. The van der Waals surface area contributed by atoms with Crippen LogP contribution in [0.15, 0.2) is 47.4 Å². The molecule has 2 unspecified atom stereocenters.